The summed E-state index contributed by atoms with van der Waals surface area (Å²) in [5.74, 6) is -0.103. The van der Waals surface area contributed by atoms with Crippen molar-refractivity contribution in [3.05, 3.63) is 29.5 Å². The third kappa shape index (κ3) is 3.34. The number of carbonyl (C=O) groups excluding carboxylic acids is 1. The van der Waals surface area contributed by atoms with Gasteiger partial charge in [-0.3, -0.25) is 9.59 Å². The molecule has 0 bridgehead atoms. The third-order valence-corrected chi connectivity index (χ3v) is 5.08. The summed E-state index contributed by atoms with van der Waals surface area (Å²) in [4.78, 5) is 23.5. The van der Waals surface area contributed by atoms with Crippen molar-refractivity contribution < 1.29 is 23.8 Å². The van der Waals surface area contributed by atoms with E-state index in [1.165, 1.54) is 0 Å². The van der Waals surface area contributed by atoms with E-state index in [0.29, 0.717) is 25.0 Å². The van der Waals surface area contributed by atoms with Crippen LogP contribution in [-0.4, -0.2) is 24.1 Å². The average Bonchev–Trinajstić information content (AvgIpc) is 3.20. The van der Waals surface area contributed by atoms with Crippen molar-refractivity contribution in [1.82, 2.24) is 5.32 Å². The predicted molar refractivity (Wildman–Crippen MR) is 92.5 cm³/mol. The molecule has 2 aromatic rings. The second-order valence-corrected chi connectivity index (χ2v) is 6.73. The zero-order valence-corrected chi connectivity index (χ0v) is 14.7. The smallest absolute Gasteiger partial charge is 0.306 e. The highest BCUT2D eigenvalue weighted by atomic mass is 16.5. The van der Waals surface area contributed by atoms with E-state index in [4.69, 9.17) is 14.3 Å². The first kappa shape index (κ1) is 17.3. The van der Waals surface area contributed by atoms with Gasteiger partial charge in [-0.15, -0.1) is 0 Å². The molecule has 6 heteroatoms. The van der Waals surface area contributed by atoms with Crippen LogP contribution in [0.3, 0.4) is 0 Å². The molecule has 1 aromatic carbocycles. The fraction of sp³-hybridized carbons (Fsp3) is 0.474. The molecule has 1 aromatic heterocycles. The summed E-state index contributed by atoms with van der Waals surface area (Å²) in [6.45, 7) is 3.84. The van der Waals surface area contributed by atoms with Gasteiger partial charge in [-0.05, 0) is 51.3 Å². The van der Waals surface area contributed by atoms with E-state index in [0.717, 1.165) is 22.3 Å². The lowest BCUT2D eigenvalue weighted by Crippen LogP contribution is -2.32. The van der Waals surface area contributed by atoms with Crippen molar-refractivity contribution in [2.24, 2.45) is 11.8 Å². The van der Waals surface area contributed by atoms with Gasteiger partial charge in [0, 0.05) is 16.9 Å². The quantitative estimate of drug-likeness (QED) is 0.867. The number of methoxy groups -OCH3 is 1. The third-order valence-electron chi connectivity index (χ3n) is 5.08. The molecular weight excluding hydrogens is 322 g/mol. The van der Waals surface area contributed by atoms with Gasteiger partial charge < -0.3 is 19.6 Å². The molecule has 1 aliphatic carbocycles. The molecule has 1 amide bonds. The van der Waals surface area contributed by atoms with E-state index < -0.39 is 11.9 Å². The summed E-state index contributed by atoms with van der Waals surface area (Å²) in [5.41, 5.74) is 1.72. The standard InChI is InChI=1S/C19H23NO5/c1-10-15-9-14(24-3)6-7-16(15)25-17(10)11(2)20-18(21)12-4-5-13(8-12)19(22)23/h6-7,9,11-13H,4-5,8H2,1-3H3,(H,20,21)(H,22,23)/t11?,12-,13+/m1/s1. The number of carbonyl (C=O) groups is 2. The molecule has 0 saturated heterocycles. The van der Waals surface area contributed by atoms with Gasteiger partial charge in [0.25, 0.3) is 0 Å². The van der Waals surface area contributed by atoms with Gasteiger partial charge in [-0.2, -0.15) is 0 Å². The van der Waals surface area contributed by atoms with E-state index >= 15 is 0 Å². The van der Waals surface area contributed by atoms with Crippen LogP contribution in [0, 0.1) is 18.8 Å². The van der Waals surface area contributed by atoms with Crippen LogP contribution in [-0.2, 0) is 9.59 Å². The predicted octanol–water partition coefficient (Wildman–Crippen LogP) is 3.43. The molecule has 0 spiro atoms. The fourth-order valence-electron chi connectivity index (χ4n) is 3.60. The van der Waals surface area contributed by atoms with Crippen LogP contribution in [0.4, 0.5) is 0 Å². The van der Waals surface area contributed by atoms with E-state index in [1.54, 1.807) is 7.11 Å². The number of nitrogens with one attached hydrogen (secondary N) is 1. The minimum absolute atomic E-state index is 0.103. The van der Waals surface area contributed by atoms with Gasteiger partial charge in [0.1, 0.15) is 17.1 Å². The number of benzene rings is 1. The molecule has 1 fully saturated rings. The molecule has 134 valence electrons. The zero-order valence-electron chi connectivity index (χ0n) is 14.7. The topological polar surface area (TPSA) is 88.8 Å². The van der Waals surface area contributed by atoms with Crippen LogP contribution in [0.5, 0.6) is 5.75 Å². The van der Waals surface area contributed by atoms with E-state index in [2.05, 4.69) is 5.32 Å². The Labute approximate surface area is 146 Å². The Hall–Kier alpha value is -2.50. The summed E-state index contributed by atoms with van der Waals surface area (Å²) in [6, 6.07) is 5.33. The largest absolute Gasteiger partial charge is 0.497 e. The minimum Gasteiger partial charge on any atom is -0.497 e. The Balaban J connectivity index is 1.74. The molecule has 0 aliphatic heterocycles. The Morgan fingerprint density at radius 1 is 1.32 bits per heavy atom. The highest BCUT2D eigenvalue weighted by Gasteiger charge is 2.34. The summed E-state index contributed by atoms with van der Waals surface area (Å²) < 4.78 is 11.2. The number of fused-ring (bicyclic) bond motifs is 1. The number of carboxylic acid groups (broad SMARTS) is 1. The molecule has 1 saturated carbocycles. The lowest BCUT2D eigenvalue weighted by molar-refractivity contribution is -0.141. The Morgan fingerprint density at radius 2 is 2.04 bits per heavy atom. The maximum absolute atomic E-state index is 12.5. The Kier molecular flexibility index (Phi) is 4.70. The molecule has 25 heavy (non-hydrogen) atoms. The summed E-state index contributed by atoms with van der Waals surface area (Å²) in [7, 11) is 1.62. The van der Waals surface area contributed by atoms with Crippen LogP contribution in [0.15, 0.2) is 22.6 Å². The first-order valence-electron chi connectivity index (χ1n) is 8.51. The summed E-state index contributed by atoms with van der Waals surface area (Å²) >= 11 is 0. The lowest BCUT2D eigenvalue weighted by atomic mass is 10.0. The second kappa shape index (κ2) is 6.78. The number of aliphatic carboxylic acids is 1. The van der Waals surface area contributed by atoms with E-state index in [9.17, 15) is 9.59 Å². The van der Waals surface area contributed by atoms with Crippen molar-refractivity contribution in [3.63, 3.8) is 0 Å². The Morgan fingerprint density at radius 3 is 2.68 bits per heavy atom. The number of aryl methyl sites for hydroxylation is 1. The maximum Gasteiger partial charge on any atom is 0.306 e. The van der Waals surface area contributed by atoms with Crippen molar-refractivity contribution in [1.29, 1.82) is 0 Å². The maximum atomic E-state index is 12.5. The van der Waals surface area contributed by atoms with Crippen molar-refractivity contribution in [2.75, 3.05) is 7.11 Å². The molecule has 3 rings (SSSR count). The van der Waals surface area contributed by atoms with E-state index in [1.807, 2.05) is 32.0 Å². The van der Waals surface area contributed by atoms with Crippen molar-refractivity contribution >= 4 is 22.8 Å². The van der Waals surface area contributed by atoms with Crippen molar-refractivity contribution in [3.8, 4) is 5.75 Å². The van der Waals surface area contributed by atoms with Crippen LogP contribution in [0.1, 0.15) is 43.6 Å². The zero-order chi connectivity index (χ0) is 18.1. The Bertz CT molecular complexity index is 809. The first-order valence-corrected chi connectivity index (χ1v) is 8.51. The van der Waals surface area contributed by atoms with Crippen LogP contribution < -0.4 is 10.1 Å². The number of amides is 1. The summed E-state index contributed by atoms with van der Waals surface area (Å²) in [6.07, 6.45) is 1.58. The van der Waals surface area contributed by atoms with Crippen LogP contribution in [0.2, 0.25) is 0 Å². The normalized spacial score (nSPS) is 21.2. The molecule has 1 aliphatic rings. The highest BCUT2D eigenvalue weighted by Crippen LogP contribution is 2.34. The monoisotopic (exact) mass is 345 g/mol. The number of rotatable bonds is 5. The molecule has 0 radical (unpaired) electrons. The van der Waals surface area contributed by atoms with Gasteiger partial charge in [0.05, 0.1) is 19.1 Å². The van der Waals surface area contributed by atoms with Crippen LogP contribution in [0.25, 0.3) is 11.0 Å². The number of hydrogen-bond donors (Lipinski definition) is 2. The van der Waals surface area contributed by atoms with Crippen LogP contribution >= 0.6 is 0 Å². The highest BCUT2D eigenvalue weighted by molar-refractivity contribution is 5.84. The number of ether oxygens (including phenoxy) is 1. The molecule has 1 heterocycles. The fourth-order valence-corrected chi connectivity index (χ4v) is 3.60. The number of hydrogen-bond acceptors (Lipinski definition) is 4. The minimum atomic E-state index is -0.814. The van der Waals surface area contributed by atoms with Gasteiger partial charge >= 0.3 is 5.97 Å². The second-order valence-electron chi connectivity index (χ2n) is 6.73. The first-order chi connectivity index (χ1) is 11.9. The number of furan rings is 1. The van der Waals surface area contributed by atoms with Gasteiger partial charge in [-0.1, -0.05) is 0 Å². The molecule has 3 atom stereocenters. The molecule has 6 nitrogen and oxygen atoms in total. The molecular formula is C19H23NO5. The molecule has 2 N–H and O–H groups in total. The van der Waals surface area contributed by atoms with Crippen molar-refractivity contribution in [2.45, 2.75) is 39.2 Å². The van der Waals surface area contributed by atoms with Gasteiger partial charge in [-0.25, -0.2) is 0 Å². The summed E-state index contributed by atoms with van der Waals surface area (Å²) in [5, 5.41) is 13.0. The van der Waals surface area contributed by atoms with E-state index in [-0.39, 0.29) is 17.9 Å². The number of carboxylic acids is 1. The lowest BCUT2D eigenvalue weighted by Gasteiger charge is -2.16. The van der Waals surface area contributed by atoms with Gasteiger partial charge in [0.15, 0.2) is 0 Å². The SMILES string of the molecule is COc1ccc2oc(C(C)NC(=O)[C@@H]3CC[C@H](C(=O)O)C3)c(C)c2c1. The van der Waals surface area contributed by atoms with Gasteiger partial charge in [0.2, 0.25) is 5.91 Å². The molecule has 1 unspecified atom stereocenters. The average molecular weight is 345 g/mol.